The second-order valence-electron chi connectivity index (χ2n) is 4.59. The third-order valence-electron chi connectivity index (χ3n) is 3.09. The van der Waals surface area contributed by atoms with Crippen molar-refractivity contribution in [2.75, 3.05) is 19.8 Å². The number of hydrogen-bond donors (Lipinski definition) is 2. The van der Waals surface area contributed by atoms with E-state index in [1.165, 1.54) is 0 Å². The van der Waals surface area contributed by atoms with E-state index in [2.05, 4.69) is 4.98 Å². The van der Waals surface area contributed by atoms with Gasteiger partial charge in [0.1, 0.15) is 5.84 Å². The molecule has 1 aliphatic rings. The predicted molar refractivity (Wildman–Crippen MR) is 69.0 cm³/mol. The van der Waals surface area contributed by atoms with Crippen LogP contribution in [0.5, 0.6) is 5.88 Å². The van der Waals surface area contributed by atoms with Gasteiger partial charge in [0.15, 0.2) is 0 Å². The van der Waals surface area contributed by atoms with Gasteiger partial charge in [-0.25, -0.2) is 4.98 Å². The normalized spacial score (nSPS) is 16.5. The van der Waals surface area contributed by atoms with Crippen LogP contribution in [0.1, 0.15) is 24.1 Å². The largest absolute Gasteiger partial charge is 0.477 e. The molecule has 3 N–H and O–H groups in total. The van der Waals surface area contributed by atoms with Crippen LogP contribution in [0.4, 0.5) is 0 Å². The van der Waals surface area contributed by atoms with E-state index < -0.39 is 0 Å². The van der Waals surface area contributed by atoms with Gasteiger partial charge in [0.2, 0.25) is 5.88 Å². The van der Waals surface area contributed by atoms with Gasteiger partial charge in [-0.2, -0.15) is 0 Å². The minimum Gasteiger partial charge on any atom is -0.477 e. The summed E-state index contributed by atoms with van der Waals surface area (Å²) in [4.78, 5) is 4.30. The molecule has 5 heteroatoms. The lowest BCUT2D eigenvalue weighted by atomic mass is 10.0. The van der Waals surface area contributed by atoms with Crippen molar-refractivity contribution in [1.29, 1.82) is 5.41 Å². The molecule has 0 amide bonds. The van der Waals surface area contributed by atoms with Crippen molar-refractivity contribution in [3.05, 3.63) is 23.4 Å². The van der Waals surface area contributed by atoms with E-state index in [1.807, 2.05) is 13.0 Å². The second-order valence-corrected chi connectivity index (χ2v) is 4.59. The summed E-state index contributed by atoms with van der Waals surface area (Å²) in [6.07, 6.45) is 2.03. The minimum atomic E-state index is -0.00974. The molecule has 98 valence electrons. The molecule has 0 aliphatic carbocycles. The average molecular weight is 249 g/mol. The van der Waals surface area contributed by atoms with Gasteiger partial charge in [-0.1, -0.05) is 0 Å². The predicted octanol–water partition coefficient (Wildman–Crippen LogP) is 1.48. The summed E-state index contributed by atoms with van der Waals surface area (Å²) in [5.41, 5.74) is 6.94. The number of aryl methyl sites for hydroxylation is 1. The van der Waals surface area contributed by atoms with E-state index in [9.17, 15) is 0 Å². The zero-order valence-electron chi connectivity index (χ0n) is 10.6. The molecule has 2 rings (SSSR count). The van der Waals surface area contributed by atoms with Crippen LogP contribution in [0, 0.1) is 18.3 Å². The van der Waals surface area contributed by atoms with E-state index in [1.54, 1.807) is 6.07 Å². The first kappa shape index (κ1) is 12.8. The number of ether oxygens (including phenoxy) is 2. The molecule has 1 aromatic rings. The maximum Gasteiger partial charge on any atom is 0.224 e. The molecular formula is C13H19N3O2. The monoisotopic (exact) mass is 249 g/mol. The first-order chi connectivity index (χ1) is 8.66. The third-order valence-corrected chi connectivity index (χ3v) is 3.09. The van der Waals surface area contributed by atoms with Gasteiger partial charge in [-0.3, -0.25) is 5.41 Å². The highest BCUT2D eigenvalue weighted by Gasteiger charge is 2.16. The molecule has 18 heavy (non-hydrogen) atoms. The van der Waals surface area contributed by atoms with Gasteiger partial charge >= 0.3 is 0 Å². The average Bonchev–Trinajstić information content (AvgIpc) is 2.37. The van der Waals surface area contributed by atoms with Crippen LogP contribution in [0.25, 0.3) is 0 Å². The van der Waals surface area contributed by atoms with Crippen molar-refractivity contribution in [1.82, 2.24) is 4.98 Å². The van der Waals surface area contributed by atoms with Crippen molar-refractivity contribution in [3.63, 3.8) is 0 Å². The Kier molecular flexibility index (Phi) is 4.15. The SMILES string of the molecule is Cc1ccc(C(=N)N)c(OCC2CCOCC2)n1. The lowest BCUT2D eigenvalue weighted by Gasteiger charge is -2.22. The molecule has 0 atom stereocenters. The van der Waals surface area contributed by atoms with E-state index >= 15 is 0 Å². The maximum absolute atomic E-state index is 7.51. The van der Waals surface area contributed by atoms with Gasteiger partial charge in [-0.15, -0.1) is 0 Å². The van der Waals surface area contributed by atoms with Gasteiger partial charge in [0.05, 0.1) is 12.2 Å². The van der Waals surface area contributed by atoms with Crippen LogP contribution >= 0.6 is 0 Å². The summed E-state index contributed by atoms with van der Waals surface area (Å²) in [6.45, 7) is 4.11. The number of rotatable bonds is 4. The van der Waals surface area contributed by atoms with Crippen LogP contribution < -0.4 is 10.5 Å². The smallest absolute Gasteiger partial charge is 0.224 e. The second kappa shape index (κ2) is 5.82. The molecule has 2 heterocycles. The Morgan fingerprint density at radius 1 is 1.50 bits per heavy atom. The molecule has 1 aliphatic heterocycles. The Bertz CT molecular complexity index is 428. The number of aromatic nitrogens is 1. The fourth-order valence-electron chi connectivity index (χ4n) is 1.96. The summed E-state index contributed by atoms with van der Waals surface area (Å²) in [5, 5.41) is 7.51. The highest BCUT2D eigenvalue weighted by molar-refractivity contribution is 5.97. The zero-order chi connectivity index (χ0) is 13.0. The molecule has 0 bridgehead atoms. The fraction of sp³-hybridized carbons (Fsp3) is 0.538. The summed E-state index contributed by atoms with van der Waals surface area (Å²) in [5.74, 6) is 0.958. The lowest BCUT2D eigenvalue weighted by Crippen LogP contribution is -2.23. The van der Waals surface area contributed by atoms with E-state index in [0.717, 1.165) is 31.7 Å². The minimum absolute atomic E-state index is 0.00974. The highest BCUT2D eigenvalue weighted by Crippen LogP contribution is 2.19. The first-order valence-corrected chi connectivity index (χ1v) is 6.19. The van der Waals surface area contributed by atoms with E-state index in [4.69, 9.17) is 20.6 Å². The fourth-order valence-corrected chi connectivity index (χ4v) is 1.96. The van der Waals surface area contributed by atoms with Gasteiger partial charge in [-0.05, 0) is 37.8 Å². The molecular weight excluding hydrogens is 230 g/mol. The Hall–Kier alpha value is -1.62. The number of nitrogen functional groups attached to an aromatic ring is 1. The van der Waals surface area contributed by atoms with Gasteiger partial charge in [0, 0.05) is 18.9 Å². The number of nitrogens with one attached hydrogen (secondary N) is 1. The summed E-state index contributed by atoms with van der Waals surface area (Å²) in [6, 6.07) is 3.61. The summed E-state index contributed by atoms with van der Waals surface area (Å²) >= 11 is 0. The highest BCUT2D eigenvalue weighted by atomic mass is 16.5. The summed E-state index contributed by atoms with van der Waals surface area (Å²) < 4.78 is 11.0. The van der Waals surface area contributed by atoms with Gasteiger partial charge < -0.3 is 15.2 Å². The Balaban J connectivity index is 2.03. The number of pyridine rings is 1. The van der Waals surface area contributed by atoms with Gasteiger partial charge in [0.25, 0.3) is 0 Å². The maximum atomic E-state index is 7.51. The van der Waals surface area contributed by atoms with Crippen molar-refractivity contribution in [2.24, 2.45) is 11.7 Å². The quantitative estimate of drug-likeness (QED) is 0.625. The van der Waals surface area contributed by atoms with Crippen LogP contribution in [0.15, 0.2) is 12.1 Å². The standard InChI is InChI=1S/C13H19N3O2/c1-9-2-3-11(12(14)15)13(16-9)18-8-10-4-6-17-7-5-10/h2-3,10H,4-8H2,1H3,(H3,14,15). The molecule has 1 aromatic heterocycles. The van der Waals surface area contributed by atoms with Crippen LogP contribution in [0.3, 0.4) is 0 Å². The third kappa shape index (κ3) is 3.20. The summed E-state index contributed by atoms with van der Waals surface area (Å²) in [7, 11) is 0. The van der Waals surface area contributed by atoms with Crippen LogP contribution in [0.2, 0.25) is 0 Å². The number of hydrogen-bond acceptors (Lipinski definition) is 4. The lowest BCUT2D eigenvalue weighted by molar-refractivity contribution is 0.0490. The topological polar surface area (TPSA) is 81.2 Å². The molecule has 1 fully saturated rings. The Morgan fingerprint density at radius 2 is 2.22 bits per heavy atom. The molecule has 0 spiro atoms. The molecule has 1 saturated heterocycles. The first-order valence-electron chi connectivity index (χ1n) is 6.19. The number of nitrogens with zero attached hydrogens (tertiary/aromatic N) is 1. The van der Waals surface area contributed by atoms with E-state index in [0.29, 0.717) is 24.0 Å². The van der Waals surface area contributed by atoms with Crippen molar-refractivity contribution < 1.29 is 9.47 Å². The molecule has 0 radical (unpaired) electrons. The molecule has 0 unspecified atom stereocenters. The number of amidine groups is 1. The van der Waals surface area contributed by atoms with Crippen LogP contribution in [-0.4, -0.2) is 30.6 Å². The zero-order valence-corrected chi connectivity index (χ0v) is 10.6. The van der Waals surface area contributed by atoms with E-state index in [-0.39, 0.29) is 5.84 Å². The molecule has 0 aromatic carbocycles. The Labute approximate surface area is 107 Å². The Morgan fingerprint density at radius 3 is 2.89 bits per heavy atom. The molecule has 5 nitrogen and oxygen atoms in total. The number of nitrogens with two attached hydrogens (primary N) is 1. The molecule has 0 saturated carbocycles. The van der Waals surface area contributed by atoms with Crippen molar-refractivity contribution >= 4 is 5.84 Å². The van der Waals surface area contributed by atoms with Crippen LogP contribution in [-0.2, 0) is 4.74 Å². The van der Waals surface area contributed by atoms with Crippen molar-refractivity contribution in [3.8, 4) is 5.88 Å². The van der Waals surface area contributed by atoms with Crippen molar-refractivity contribution in [2.45, 2.75) is 19.8 Å².